The smallest absolute Gasteiger partial charge is 0.261 e. The van der Waals surface area contributed by atoms with Gasteiger partial charge in [0.15, 0.2) is 5.65 Å². The number of anilines is 1. The molecule has 0 fully saturated rings. The number of aryl methyl sites for hydroxylation is 1. The Bertz CT molecular complexity index is 797. The zero-order valence-electron chi connectivity index (χ0n) is 10.7. The normalized spacial score (nSPS) is 10.7. The van der Waals surface area contributed by atoms with Crippen LogP contribution in [-0.4, -0.2) is 20.5 Å². The van der Waals surface area contributed by atoms with Gasteiger partial charge >= 0.3 is 0 Å². The molecule has 2 heterocycles. The lowest BCUT2D eigenvalue weighted by atomic mass is 10.2. The van der Waals surface area contributed by atoms with Crippen molar-refractivity contribution >= 4 is 17.2 Å². The predicted molar refractivity (Wildman–Crippen MR) is 72.1 cm³/mol. The van der Waals surface area contributed by atoms with Crippen molar-refractivity contribution in [1.82, 2.24) is 14.6 Å². The molecule has 1 aromatic carbocycles. The summed E-state index contributed by atoms with van der Waals surface area (Å²) < 4.78 is 15.1. The molecular weight excluding hydrogens is 259 g/mol. The Morgan fingerprint density at radius 1 is 1.40 bits per heavy atom. The number of aromatic nitrogens is 3. The second-order valence-electron chi connectivity index (χ2n) is 4.38. The average molecular weight is 270 g/mol. The Kier molecular flexibility index (Phi) is 2.90. The second-order valence-corrected chi connectivity index (χ2v) is 4.38. The van der Waals surface area contributed by atoms with E-state index in [4.69, 9.17) is 0 Å². The first-order chi connectivity index (χ1) is 9.65. The molecule has 3 aromatic rings. The van der Waals surface area contributed by atoms with Gasteiger partial charge in [-0.05, 0) is 30.7 Å². The van der Waals surface area contributed by atoms with E-state index < -0.39 is 11.7 Å². The van der Waals surface area contributed by atoms with Crippen LogP contribution in [0.2, 0.25) is 0 Å². The first kappa shape index (κ1) is 12.3. The molecule has 0 aliphatic carbocycles. The molecule has 0 unspecified atom stereocenters. The van der Waals surface area contributed by atoms with Crippen LogP contribution < -0.4 is 5.32 Å². The van der Waals surface area contributed by atoms with E-state index in [9.17, 15) is 9.18 Å². The fraction of sp³-hybridized carbons (Fsp3) is 0.0714. The minimum Gasteiger partial charge on any atom is -0.319 e. The van der Waals surface area contributed by atoms with Gasteiger partial charge in [0.2, 0.25) is 0 Å². The first-order valence-electron chi connectivity index (χ1n) is 6.01. The van der Waals surface area contributed by atoms with E-state index in [0.717, 1.165) is 5.56 Å². The maximum absolute atomic E-state index is 13.6. The highest BCUT2D eigenvalue weighted by atomic mass is 19.1. The lowest BCUT2D eigenvalue weighted by molar-refractivity contribution is 0.102. The number of hydrogen-bond acceptors (Lipinski definition) is 3. The van der Waals surface area contributed by atoms with Gasteiger partial charge in [0.05, 0.1) is 11.9 Å². The van der Waals surface area contributed by atoms with Crippen molar-refractivity contribution in [2.75, 3.05) is 5.32 Å². The summed E-state index contributed by atoms with van der Waals surface area (Å²) >= 11 is 0. The van der Waals surface area contributed by atoms with Gasteiger partial charge in [-0.2, -0.15) is 5.10 Å². The van der Waals surface area contributed by atoms with E-state index in [1.165, 1.54) is 16.8 Å². The van der Waals surface area contributed by atoms with Crippen LogP contribution in [-0.2, 0) is 0 Å². The molecule has 0 atom stereocenters. The number of fused-ring (bicyclic) bond motifs is 1. The molecule has 0 saturated heterocycles. The molecule has 5 nitrogen and oxygen atoms in total. The average Bonchev–Trinajstić information content (AvgIpc) is 2.87. The van der Waals surface area contributed by atoms with Crippen molar-refractivity contribution in [3.8, 4) is 0 Å². The van der Waals surface area contributed by atoms with Crippen LogP contribution in [0.25, 0.3) is 5.65 Å². The van der Waals surface area contributed by atoms with E-state index in [1.54, 1.807) is 30.6 Å². The van der Waals surface area contributed by atoms with E-state index in [2.05, 4.69) is 15.4 Å². The number of halogens is 1. The molecule has 1 amide bonds. The number of amides is 1. The van der Waals surface area contributed by atoms with Gasteiger partial charge in [-0.3, -0.25) is 4.79 Å². The third kappa shape index (κ3) is 2.11. The summed E-state index contributed by atoms with van der Waals surface area (Å²) in [4.78, 5) is 16.3. The second kappa shape index (κ2) is 4.73. The number of nitrogens with zero attached hydrogens (tertiary/aromatic N) is 3. The van der Waals surface area contributed by atoms with E-state index in [-0.39, 0.29) is 5.69 Å². The Hall–Kier alpha value is -2.76. The molecule has 0 aliphatic heterocycles. The highest BCUT2D eigenvalue weighted by Crippen LogP contribution is 2.17. The lowest BCUT2D eigenvalue weighted by Crippen LogP contribution is -2.13. The van der Waals surface area contributed by atoms with E-state index in [1.807, 2.05) is 6.92 Å². The Balaban J connectivity index is 1.95. The van der Waals surface area contributed by atoms with Crippen molar-refractivity contribution in [3.05, 3.63) is 59.8 Å². The highest BCUT2D eigenvalue weighted by Gasteiger charge is 2.15. The number of hydrogen-bond donors (Lipinski definition) is 1. The van der Waals surface area contributed by atoms with Crippen LogP contribution in [0.1, 0.15) is 15.9 Å². The van der Waals surface area contributed by atoms with Gasteiger partial charge in [0.25, 0.3) is 5.91 Å². The van der Waals surface area contributed by atoms with Crippen molar-refractivity contribution < 1.29 is 9.18 Å². The molecule has 0 saturated carbocycles. The number of benzene rings is 1. The number of carbonyl (C=O) groups is 1. The lowest BCUT2D eigenvalue weighted by Gasteiger charge is -2.06. The van der Waals surface area contributed by atoms with Gasteiger partial charge in [-0.1, -0.05) is 6.07 Å². The minimum atomic E-state index is -0.478. The molecule has 0 spiro atoms. The summed E-state index contributed by atoms with van der Waals surface area (Å²) in [5, 5.41) is 6.56. The molecule has 0 radical (unpaired) electrons. The first-order valence-corrected chi connectivity index (χ1v) is 6.01. The molecule has 2 aromatic heterocycles. The van der Waals surface area contributed by atoms with Crippen molar-refractivity contribution in [1.29, 1.82) is 0 Å². The van der Waals surface area contributed by atoms with Crippen LogP contribution in [0.3, 0.4) is 0 Å². The van der Waals surface area contributed by atoms with E-state index >= 15 is 0 Å². The van der Waals surface area contributed by atoms with Crippen LogP contribution in [0.5, 0.6) is 0 Å². The molecule has 20 heavy (non-hydrogen) atoms. The number of rotatable bonds is 2. The van der Waals surface area contributed by atoms with Crippen molar-refractivity contribution in [3.63, 3.8) is 0 Å². The molecular formula is C14H11FN4O. The molecule has 0 bridgehead atoms. The molecule has 1 N–H and O–H groups in total. The predicted octanol–water partition coefficient (Wildman–Crippen LogP) is 2.43. The molecule has 6 heteroatoms. The zero-order chi connectivity index (χ0) is 14.1. The SMILES string of the molecule is Cc1ccc(F)c(NC(=O)c2cnn3cccnc23)c1. The Morgan fingerprint density at radius 3 is 3.10 bits per heavy atom. The topological polar surface area (TPSA) is 59.3 Å². The standard InChI is InChI=1S/C14H11FN4O/c1-9-3-4-11(15)12(7-9)18-14(20)10-8-17-19-6-2-5-16-13(10)19/h2-8H,1H3,(H,18,20). The minimum absolute atomic E-state index is 0.144. The van der Waals surface area contributed by atoms with Crippen LogP contribution in [0.4, 0.5) is 10.1 Å². The van der Waals surface area contributed by atoms with Gasteiger partial charge in [0.1, 0.15) is 11.4 Å². The Morgan fingerprint density at radius 2 is 2.25 bits per heavy atom. The van der Waals surface area contributed by atoms with Crippen molar-refractivity contribution in [2.24, 2.45) is 0 Å². The van der Waals surface area contributed by atoms with E-state index in [0.29, 0.717) is 11.2 Å². The van der Waals surface area contributed by atoms with Crippen LogP contribution in [0, 0.1) is 12.7 Å². The fourth-order valence-electron chi connectivity index (χ4n) is 1.91. The quantitative estimate of drug-likeness (QED) is 0.778. The third-order valence-corrected chi connectivity index (χ3v) is 2.89. The summed E-state index contributed by atoms with van der Waals surface area (Å²) in [5.41, 5.74) is 1.73. The summed E-state index contributed by atoms with van der Waals surface area (Å²) in [5.74, 6) is -0.920. The van der Waals surface area contributed by atoms with Crippen LogP contribution in [0.15, 0.2) is 42.9 Å². The number of nitrogens with one attached hydrogen (secondary N) is 1. The summed E-state index contributed by atoms with van der Waals surface area (Å²) in [6.45, 7) is 1.83. The summed E-state index contributed by atoms with van der Waals surface area (Å²) in [7, 11) is 0. The van der Waals surface area contributed by atoms with Gasteiger partial charge < -0.3 is 5.32 Å². The van der Waals surface area contributed by atoms with Gasteiger partial charge in [-0.25, -0.2) is 13.9 Å². The summed E-state index contributed by atoms with van der Waals surface area (Å²) in [6.07, 6.45) is 4.67. The molecule has 3 rings (SSSR count). The zero-order valence-corrected chi connectivity index (χ0v) is 10.7. The fourth-order valence-corrected chi connectivity index (χ4v) is 1.91. The monoisotopic (exact) mass is 270 g/mol. The molecule has 100 valence electrons. The summed E-state index contributed by atoms with van der Waals surface area (Å²) in [6, 6.07) is 6.25. The largest absolute Gasteiger partial charge is 0.319 e. The van der Waals surface area contributed by atoms with Gasteiger partial charge in [-0.15, -0.1) is 0 Å². The molecule has 0 aliphatic rings. The maximum atomic E-state index is 13.6. The maximum Gasteiger partial charge on any atom is 0.261 e. The van der Waals surface area contributed by atoms with Gasteiger partial charge in [0, 0.05) is 12.4 Å². The number of carbonyl (C=O) groups excluding carboxylic acids is 1. The van der Waals surface area contributed by atoms with Crippen LogP contribution >= 0.6 is 0 Å². The van der Waals surface area contributed by atoms with Crippen molar-refractivity contribution in [2.45, 2.75) is 6.92 Å². The Labute approximate surface area is 114 Å². The highest BCUT2D eigenvalue weighted by molar-refractivity contribution is 6.08. The third-order valence-electron chi connectivity index (χ3n) is 2.89.